The second kappa shape index (κ2) is 7.07. The zero-order valence-corrected chi connectivity index (χ0v) is 12.9. The van der Waals surface area contributed by atoms with Gasteiger partial charge in [0.25, 0.3) is 0 Å². The highest BCUT2D eigenvalue weighted by Crippen LogP contribution is 2.17. The Kier molecular flexibility index (Phi) is 5.15. The highest BCUT2D eigenvalue weighted by Gasteiger charge is 2.09. The molecule has 0 atom stereocenters. The van der Waals surface area contributed by atoms with E-state index in [-0.39, 0.29) is 11.9 Å². The van der Waals surface area contributed by atoms with Crippen LogP contribution in [0.4, 0.5) is 0 Å². The lowest BCUT2D eigenvalue weighted by atomic mass is 10.0. The Morgan fingerprint density at radius 1 is 1.05 bits per heavy atom. The molecule has 0 unspecified atom stereocenters. The van der Waals surface area contributed by atoms with Crippen molar-refractivity contribution in [3.8, 4) is 5.75 Å². The van der Waals surface area contributed by atoms with Gasteiger partial charge in [-0.15, -0.1) is 0 Å². The van der Waals surface area contributed by atoms with E-state index in [0.717, 1.165) is 17.7 Å². The molecule has 0 radical (unpaired) electrons. The van der Waals surface area contributed by atoms with Gasteiger partial charge >= 0.3 is 0 Å². The molecule has 0 amide bonds. The Hall–Kier alpha value is -2.09. The summed E-state index contributed by atoms with van der Waals surface area (Å²) in [7, 11) is 0. The maximum Gasteiger partial charge on any atom is 0.167 e. The standard InChI is InChI=1S/C19H22O2/c1-4-15-8-10-16(11-9-15)12-19(20)17-6-5-7-18(13-17)21-14(2)3/h5-11,13-14H,4,12H2,1-3H3. The topological polar surface area (TPSA) is 26.3 Å². The van der Waals surface area contributed by atoms with E-state index in [4.69, 9.17) is 4.74 Å². The van der Waals surface area contributed by atoms with Crippen molar-refractivity contribution in [2.75, 3.05) is 0 Å². The molecule has 2 aromatic rings. The third kappa shape index (κ3) is 4.45. The van der Waals surface area contributed by atoms with Crippen LogP contribution in [0.15, 0.2) is 48.5 Å². The van der Waals surface area contributed by atoms with E-state index in [9.17, 15) is 4.79 Å². The Morgan fingerprint density at radius 2 is 1.71 bits per heavy atom. The molecular formula is C19H22O2. The van der Waals surface area contributed by atoms with Gasteiger partial charge in [-0.05, 0) is 43.5 Å². The first kappa shape index (κ1) is 15.3. The minimum Gasteiger partial charge on any atom is -0.491 e. The summed E-state index contributed by atoms with van der Waals surface area (Å²) in [6.45, 7) is 6.08. The predicted octanol–water partition coefficient (Wildman–Crippen LogP) is 4.46. The lowest BCUT2D eigenvalue weighted by Crippen LogP contribution is -2.07. The Labute approximate surface area is 126 Å². The minimum absolute atomic E-state index is 0.108. The maximum atomic E-state index is 12.4. The van der Waals surface area contributed by atoms with Crippen LogP contribution in [0.5, 0.6) is 5.75 Å². The van der Waals surface area contributed by atoms with E-state index in [2.05, 4.69) is 19.1 Å². The number of aryl methyl sites for hydroxylation is 1. The molecule has 2 heteroatoms. The van der Waals surface area contributed by atoms with Gasteiger partial charge in [0, 0.05) is 12.0 Å². The first-order valence-corrected chi connectivity index (χ1v) is 7.46. The summed E-state index contributed by atoms with van der Waals surface area (Å²) in [5.41, 5.74) is 3.04. The molecule has 0 saturated carbocycles. The van der Waals surface area contributed by atoms with Crippen molar-refractivity contribution in [2.24, 2.45) is 0 Å². The van der Waals surface area contributed by atoms with E-state index in [0.29, 0.717) is 12.0 Å². The Morgan fingerprint density at radius 3 is 2.33 bits per heavy atom. The van der Waals surface area contributed by atoms with E-state index in [1.54, 1.807) is 0 Å². The summed E-state index contributed by atoms with van der Waals surface area (Å²) in [5.74, 6) is 0.866. The monoisotopic (exact) mass is 282 g/mol. The van der Waals surface area contributed by atoms with Crippen molar-refractivity contribution in [2.45, 2.75) is 39.7 Å². The van der Waals surface area contributed by atoms with Crippen LogP contribution >= 0.6 is 0 Å². The van der Waals surface area contributed by atoms with Crippen molar-refractivity contribution in [3.05, 3.63) is 65.2 Å². The minimum atomic E-state index is 0.108. The molecule has 0 saturated heterocycles. The molecule has 2 aromatic carbocycles. The molecule has 0 N–H and O–H groups in total. The van der Waals surface area contributed by atoms with E-state index in [1.165, 1.54) is 5.56 Å². The van der Waals surface area contributed by atoms with Crippen LogP contribution in [0, 0.1) is 0 Å². The molecule has 0 bridgehead atoms. The van der Waals surface area contributed by atoms with Gasteiger partial charge in [0.05, 0.1) is 6.10 Å². The fraction of sp³-hybridized carbons (Fsp3) is 0.316. The largest absolute Gasteiger partial charge is 0.491 e. The number of ketones is 1. The molecule has 0 aliphatic heterocycles. The van der Waals surface area contributed by atoms with Crippen LogP contribution in [0.1, 0.15) is 42.3 Å². The first-order chi connectivity index (χ1) is 10.1. The smallest absolute Gasteiger partial charge is 0.167 e. The third-order valence-corrected chi connectivity index (χ3v) is 3.32. The second-order valence-electron chi connectivity index (χ2n) is 5.46. The lowest BCUT2D eigenvalue weighted by molar-refractivity contribution is 0.0992. The van der Waals surface area contributed by atoms with Crippen molar-refractivity contribution in [3.63, 3.8) is 0 Å². The highest BCUT2D eigenvalue weighted by atomic mass is 16.5. The highest BCUT2D eigenvalue weighted by molar-refractivity contribution is 5.97. The quantitative estimate of drug-likeness (QED) is 0.731. The zero-order chi connectivity index (χ0) is 15.2. The molecule has 0 aliphatic carbocycles. The number of carbonyl (C=O) groups excluding carboxylic acids is 1. The van der Waals surface area contributed by atoms with Crippen molar-refractivity contribution in [1.29, 1.82) is 0 Å². The molecule has 0 heterocycles. The van der Waals surface area contributed by atoms with Gasteiger partial charge in [0.15, 0.2) is 5.78 Å². The Balaban J connectivity index is 2.08. The lowest BCUT2D eigenvalue weighted by Gasteiger charge is -2.10. The van der Waals surface area contributed by atoms with Gasteiger partial charge in [-0.3, -0.25) is 4.79 Å². The van der Waals surface area contributed by atoms with Crippen molar-refractivity contribution in [1.82, 2.24) is 0 Å². The number of Topliss-reactive ketones (excluding diaryl/α,β-unsaturated/α-hetero) is 1. The van der Waals surface area contributed by atoms with E-state index in [1.807, 2.05) is 50.2 Å². The molecule has 0 spiro atoms. The molecule has 21 heavy (non-hydrogen) atoms. The van der Waals surface area contributed by atoms with Crippen LogP contribution in [0.2, 0.25) is 0 Å². The van der Waals surface area contributed by atoms with Crippen LogP contribution in [-0.2, 0) is 12.8 Å². The van der Waals surface area contributed by atoms with Crippen molar-refractivity contribution >= 4 is 5.78 Å². The molecular weight excluding hydrogens is 260 g/mol. The normalized spacial score (nSPS) is 10.7. The van der Waals surface area contributed by atoms with Gasteiger partial charge in [-0.1, -0.05) is 43.3 Å². The maximum absolute atomic E-state index is 12.4. The fourth-order valence-corrected chi connectivity index (χ4v) is 2.20. The summed E-state index contributed by atoms with van der Waals surface area (Å²) >= 11 is 0. The predicted molar refractivity (Wildman–Crippen MR) is 86.1 cm³/mol. The second-order valence-corrected chi connectivity index (χ2v) is 5.46. The van der Waals surface area contributed by atoms with E-state index < -0.39 is 0 Å². The summed E-state index contributed by atoms with van der Waals surface area (Å²) in [6.07, 6.45) is 1.55. The molecule has 110 valence electrons. The SMILES string of the molecule is CCc1ccc(CC(=O)c2cccc(OC(C)C)c2)cc1. The number of carbonyl (C=O) groups is 1. The van der Waals surface area contributed by atoms with Crippen molar-refractivity contribution < 1.29 is 9.53 Å². The number of rotatable bonds is 6. The number of benzene rings is 2. The van der Waals surface area contributed by atoms with Gasteiger partial charge < -0.3 is 4.74 Å². The number of hydrogen-bond donors (Lipinski definition) is 0. The van der Waals surface area contributed by atoms with Crippen LogP contribution < -0.4 is 4.74 Å². The zero-order valence-electron chi connectivity index (χ0n) is 12.9. The molecule has 0 aliphatic rings. The fourth-order valence-electron chi connectivity index (χ4n) is 2.20. The molecule has 2 rings (SSSR count). The molecule has 0 aromatic heterocycles. The first-order valence-electron chi connectivity index (χ1n) is 7.46. The summed E-state index contributed by atoms with van der Waals surface area (Å²) in [5, 5.41) is 0. The number of ether oxygens (including phenoxy) is 1. The van der Waals surface area contributed by atoms with E-state index >= 15 is 0 Å². The van der Waals surface area contributed by atoms with Gasteiger partial charge in [0.1, 0.15) is 5.75 Å². The molecule has 2 nitrogen and oxygen atoms in total. The average Bonchev–Trinajstić information content (AvgIpc) is 2.47. The summed E-state index contributed by atoms with van der Waals surface area (Å²) in [4.78, 5) is 12.4. The van der Waals surface area contributed by atoms with Crippen LogP contribution in [0.25, 0.3) is 0 Å². The van der Waals surface area contributed by atoms with Crippen LogP contribution in [0.3, 0.4) is 0 Å². The Bertz CT molecular complexity index is 597. The van der Waals surface area contributed by atoms with Crippen LogP contribution in [-0.4, -0.2) is 11.9 Å². The van der Waals surface area contributed by atoms with Gasteiger partial charge in [-0.2, -0.15) is 0 Å². The summed E-state index contributed by atoms with van der Waals surface area (Å²) in [6, 6.07) is 15.6. The molecule has 0 fully saturated rings. The van der Waals surface area contributed by atoms with Gasteiger partial charge in [-0.25, -0.2) is 0 Å². The summed E-state index contributed by atoms with van der Waals surface area (Å²) < 4.78 is 5.63. The third-order valence-electron chi connectivity index (χ3n) is 3.32. The number of hydrogen-bond acceptors (Lipinski definition) is 2. The average molecular weight is 282 g/mol. The van der Waals surface area contributed by atoms with Gasteiger partial charge in [0.2, 0.25) is 0 Å².